The van der Waals surface area contributed by atoms with Crippen LogP contribution >= 0.6 is 0 Å². The average Bonchev–Trinajstić information content (AvgIpc) is 3.34. The molecule has 0 aromatic rings. The van der Waals surface area contributed by atoms with Gasteiger partial charge in [-0.05, 0) is 51.4 Å². The first-order valence-corrected chi connectivity index (χ1v) is 24.3. The molecule has 0 spiro atoms. The molecule has 1 aliphatic heterocycles. The van der Waals surface area contributed by atoms with Gasteiger partial charge in [0.2, 0.25) is 23.6 Å². The summed E-state index contributed by atoms with van der Waals surface area (Å²) in [7, 11) is 0. The second-order valence-corrected chi connectivity index (χ2v) is 17.7. The molecule has 1 saturated heterocycles. The van der Waals surface area contributed by atoms with Crippen molar-refractivity contribution in [3.63, 3.8) is 0 Å². The number of carbonyl (C=O) groups excluding carboxylic acids is 4. The number of rotatable bonds is 36. The van der Waals surface area contributed by atoms with Crippen LogP contribution in [0.3, 0.4) is 0 Å². The third kappa shape index (κ3) is 27.4. The van der Waals surface area contributed by atoms with Gasteiger partial charge in [0.15, 0.2) is 0 Å². The van der Waals surface area contributed by atoms with E-state index in [4.69, 9.17) is 20.4 Å². The number of hydrogen-bond donors (Lipinski definition) is 16. The van der Waals surface area contributed by atoms with Crippen molar-refractivity contribution in [1.29, 1.82) is 0 Å². The molecule has 0 radical (unpaired) electrons. The number of nitrogens with one attached hydrogen (secondary N) is 4. The van der Waals surface area contributed by atoms with Gasteiger partial charge < -0.3 is 82.5 Å². The lowest BCUT2D eigenvalue weighted by molar-refractivity contribution is -0.148. The standard InChI is InChI=1S/C44H80N8O20/c53-25-29(57)21-45-37(61)9-1-5-33(41(65)66)49-13-15-50(34(42(67)68)6-2-10-38(62)46-22-30(58)26-54)17-19-52(36(44(71)72)8-4-12-40(64)48-24-32(60)28-56)20-18-51(16-14-49)35(43(69)70)7-3-11-39(63)47-23-31(59)27-55/h29-36,53-60H,1-28H2,(H,45,61)(H,46,62)(H,47,63)(H,48,64)(H,65,66)(H,67,68)(H,69,70)(H,71,72). The lowest BCUT2D eigenvalue weighted by Crippen LogP contribution is -2.56. The van der Waals surface area contributed by atoms with E-state index in [2.05, 4.69) is 21.3 Å². The molecule has 28 nitrogen and oxygen atoms in total. The van der Waals surface area contributed by atoms with E-state index in [1.54, 1.807) is 0 Å². The maximum Gasteiger partial charge on any atom is 0.320 e. The minimum absolute atomic E-state index is 0.0179. The van der Waals surface area contributed by atoms with Gasteiger partial charge in [-0.3, -0.25) is 58.0 Å². The van der Waals surface area contributed by atoms with E-state index in [9.17, 15) is 79.2 Å². The zero-order valence-electron chi connectivity index (χ0n) is 40.8. The molecule has 4 amide bonds. The first-order chi connectivity index (χ1) is 34.2. The molecule has 0 aliphatic carbocycles. The Labute approximate surface area is 417 Å². The number of carboxylic acid groups (broad SMARTS) is 4. The summed E-state index contributed by atoms with van der Waals surface area (Å²) in [6.07, 6.45) is -5.98. The van der Waals surface area contributed by atoms with Crippen LogP contribution in [-0.2, 0) is 38.4 Å². The smallest absolute Gasteiger partial charge is 0.320 e. The fourth-order valence-corrected chi connectivity index (χ4v) is 7.93. The number of aliphatic hydroxyl groups is 8. The van der Waals surface area contributed by atoms with Crippen molar-refractivity contribution in [2.75, 3.05) is 105 Å². The molecule has 0 saturated carbocycles. The summed E-state index contributed by atoms with van der Waals surface area (Å²) in [6.45, 7) is -4.62. The largest absolute Gasteiger partial charge is 0.480 e. The summed E-state index contributed by atoms with van der Waals surface area (Å²) < 4.78 is 0. The zero-order chi connectivity index (χ0) is 54.2. The van der Waals surface area contributed by atoms with Crippen molar-refractivity contribution in [3.05, 3.63) is 0 Å². The zero-order valence-corrected chi connectivity index (χ0v) is 40.8. The third-order valence-corrected chi connectivity index (χ3v) is 12.1. The summed E-state index contributed by atoms with van der Waals surface area (Å²) in [5.74, 6) is -7.40. The van der Waals surface area contributed by atoms with E-state index in [-0.39, 0.29) is 156 Å². The fourth-order valence-electron chi connectivity index (χ4n) is 7.93. The summed E-state index contributed by atoms with van der Waals surface area (Å²) in [5.41, 5.74) is 0. The summed E-state index contributed by atoms with van der Waals surface area (Å²) in [6, 6.07) is -5.25. The van der Waals surface area contributed by atoms with Crippen molar-refractivity contribution in [2.45, 2.75) is 126 Å². The predicted octanol–water partition coefficient (Wildman–Crippen LogP) is -6.42. The van der Waals surface area contributed by atoms with Crippen LogP contribution in [0, 0.1) is 0 Å². The van der Waals surface area contributed by atoms with Crippen LogP contribution in [0.5, 0.6) is 0 Å². The molecule has 8 atom stereocenters. The number of aliphatic hydroxyl groups excluding tert-OH is 8. The van der Waals surface area contributed by atoms with Crippen LogP contribution < -0.4 is 21.3 Å². The Kier molecular flexibility index (Phi) is 33.6. The van der Waals surface area contributed by atoms with Gasteiger partial charge in [0, 0.05) is 104 Å². The lowest BCUT2D eigenvalue weighted by Gasteiger charge is -2.40. The van der Waals surface area contributed by atoms with Crippen molar-refractivity contribution >= 4 is 47.5 Å². The second-order valence-electron chi connectivity index (χ2n) is 17.7. The maximum atomic E-state index is 13.0. The Morgan fingerprint density at radius 2 is 0.500 bits per heavy atom. The molecule has 0 aromatic carbocycles. The SMILES string of the molecule is O=C(CCCC(C(=O)O)N1CCN(C(CCCC(=O)NCC(O)CO)C(=O)O)CCN(C(CCCC(=O)NCC(O)CO)C(=O)O)CCN(C(CCCC(=O)NCC(O)CO)C(=O)O)CC1)NCC(O)CO. The van der Waals surface area contributed by atoms with Gasteiger partial charge in [0.1, 0.15) is 24.2 Å². The normalized spacial score (nSPS) is 18.1. The van der Waals surface area contributed by atoms with Gasteiger partial charge in [0.25, 0.3) is 0 Å². The van der Waals surface area contributed by atoms with E-state index in [1.807, 2.05) is 0 Å². The lowest BCUT2D eigenvalue weighted by atomic mass is 10.0. The Hall–Kier alpha value is -4.72. The van der Waals surface area contributed by atoms with Crippen molar-refractivity contribution in [1.82, 2.24) is 40.9 Å². The van der Waals surface area contributed by atoms with Crippen LogP contribution in [0.25, 0.3) is 0 Å². The monoisotopic (exact) mass is 1040 g/mol. The van der Waals surface area contributed by atoms with Gasteiger partial charge >= 0.3 is 23.9 Å². The third-order valence-electron chi connectivity index (χ3n) is 12.1. The van der Waals surface area contributed by atoms with E-state index >= 15 is 0 Å². The van der Waals surface area contributed by atoms with Gasteiger partial charge in [0.05, 0.1) is 50.8 Å². The highest BCUT2D eigenvalue weighted by molar-refractivity contribution is 5.78. The second kappa shape index (κ2) is 37.1. The van der Waals surface area contributed by atoms with E-state index in [0.29, 0.717) is 0 Å². The predicted molar refractivity (Wildman–Crippen MR) is 252 cm³/mol. The fraction of sp³-hybridized carbons (Fsp3) is 0.818. The Morgan fingerprint density at radius 1 is 0.333 bits per heavy atom. The highest BCUT2D eigenvalue weighted by Crippen LogP contribution is 2.19. The molecular formula is C44H80N8O20. The van der Waals surface area contributed by atoms with Crippen molar-refractivity contribution < 1.29 is 99.6 Å². The van der Waals surface area contributed by atoms with Gasteiger partial charge in [-0.15, -0.1) is 0 Å². The first-order valence-electron chi connectivity index (χ1n) is 24.3. The number of nitrogens with zero attached hydrogens (tertiary/aromatic N) is 4. The van der Waals surface area contributed by atoms with Crippen LogP contribution in [0.1, 0.15) is 77.0 Å². The van der Waals surface area contributed by atoms with E-state index in [0.717, 1.165) is 0 Å². The van der Waals surface area contributed by atoms with E-state index < -0.39 is 123 Å². The Balaban J connectivity index is 3.74. The molecular weight excluding hydrogens is 961 g/mol. The number of amides is 4. The molecule has 72 heavy (non-hydrogen) atoms. The van der Waals surface area contributed by atoms with Gasteiger partial charge in [-0.2, -0.15) is 0 Å². The highest BCUT2D eigenvalue weighted by Gasteiger charge is 2.35. The maximum absolute atomic E-state index is 13.0. The number of carboxylic acids is 4. The number of carbonyl (C=O) groups is 8. The van der Waals surface area contributed by atoms with Crippen LogP contribution in [-0.4, -0.2) is 282 Å². The quantitative estimate of drug-likeness (QED) is 0.0277. The minimum Gasteiger partial charge on any atom is -0.480 e. The molecule has 28 heteroatoms. The minimum atomic E-state index is -1.32. The van der Waals surface area contributed by atoms with Gasteiger partial charge in [-0.1, -0.05) is 0 Å². The molecule has 8 unspecified atom stereocenters. The molecule has 416 valence electrons. The van der Waals surface area contributed by atoms with Gasteiger partial charge in [-0.25, -0.2) is 0 Å². The molecule has 16 N–H and O–H groups in total. The van der Waals surface area contributed by atoms with Crippen molar-refractivity contribution in [3.8, 4) is 0 Å². The summed E-state index contributed by atoms with van der Waals surface area (Å²) in [4.78, 5) is 108. The summed E-state index contributed by atoms with van der Waals surface area (Å²) >= 11 is 0. The molecule has 1 aliphatic rings. The molecule has 1 rings (SSSR count). The number of hydrogen-bond acceptors (Lipinski definition) is 20. The molecule has 1 heterocycles. The molecule has 0 bridgehead atoms. The van der Waals surface area contributed by atoms with E-state index in [1.165, 1.54) is 19.6 Å². The highest BCUT2D eigenvalue weighted by atomic mass is 16.4. The first kappa shape index (κ1) is 65.3. The van der Waals surface area contributed by atoms with Crippen LogP contribution in [0.4, 0.5) is 0 Å². The molecule has 1 fully saturated rings. The van der Waals surface area contributed by atoms with Crippen LogP contribution in [0.15, 0.2) is 0 Å². The summed E-state index contributed by atoms with van der Waals surface area (Å²) in [5, 5.41) is 127. The molecule has 0 aromatic heterocycles. The average molecular weight is 1040 g/mol. The van der Waals surface area contributed by atoms with Crippen molar-refractivity contribution in [2.24, 2.45) is 0 Å². The Morgan fingerprint density at radius 3 is 0.639 bits per heavy atom. The number of aliphatic carboxylic acids is 4. The topological polar surface area (TPSA) is 440 Å². The van der Waals surface area contributed by atoms with Crippen LogP contribution in [0.2, 0.25) is 0 Å². The Bertz CT molecular complexity index is 1400.